The molecule has 0 spiro atoms. The lowest BCUT2D eigenvalue weighted by atomic mass is 10.1. The molecule has 1 saturated heterocycles. The number of nitrogens with one attached hydrogen (secondary N) is 1. The molecule has 136 valence electrons. The standard InChI is InChI=1S/C17H18F2N2O2S.ClH/c18-15-5-1-3-13(9-15)12-24(22,23)21-8-7-20-11-17(21)14-4-2-6-16(19)10-14;/h1-6,9-10,17,20H,7-8,11-12H2;1H. The van der Waals surface area contributed by atoms with Crippen LogP contribution in [0.1, 0.15) is 17.2 Å². The minimum atomic E-state index is -3.66. The quantitative estimate of drug-likeness (QED) is 0.876. The highest BCUT2D eigenvalue weighted by Crippen LogP contribution is 2.27. The Bertz CT molecular complexity index is 833. The van der Waals surface area contributed by atoms with E-state index in [1.165, 1.54) is 34.6 Å². The van der Waals surface area contributed by atoms with E-state index in [1.54, 1.807) is 18.2 Å². The van der Waals surface area contributed by atoms with E-state index < -0.39 is 27.7 Å². The minimum absolute atomic E-state index is 0. The Morgan fingerprint density at radius 3 is 2.44 bits per heavy atom. The molecule has 2 aromatic carbocycles. The summed E-state index contributed by atoms with van der Waals surface area (Å²) in [4.78, 5) is 0. The van der Waals surface area contributed by atoms with Gasteiger partial charge in [-0.25, -0.2) is 17.2 Å². The summed E-state index contributed by atoms with van der Waals surface area (Å²) in [5, 5.41) is 3.14. The van der Waals surface area contributed by atoms with E-state index >= 15 is 0 Å². The molecule has 0 amide bonds. The van der Waals surface area contributed by atoms with Crippen LogP contribution in [0.2, 0.25) is 0 Å². The van der Waals surface area contributed by atoms with Crippen molar-refractivity contribution in [3.8, 4) is 0 Å². The Hall–Kier alpha value is -1.54. The number of rotatable bonds is 4. The normalized spacial score (nSPS) is 18.6. The molecule has 1 N–H and O–H groups in total. The van der Waals surface area contributed by atoms with Crippen LogP contribution >= 0.6 is 12.4 Å². The highest BCUT2D eigenvalue weighted by molar-refractivity contribution is 7.88. The second kappa shape index (κ2) is 8.23. The fourth-order valence-corrected chi connectivity index (χ4v) is 4.66. The monoisotopic (exact) mass is 388 g/mol. The van der Waals surface area contributed by atoms with Gasteiger partial charge in [0.25, 0.3) is 0 Å². The van der Waals surface area contributed by atoms with Crippen molar-refractivity contribution in [1.29, 1.82) is 0 Å². The summed E-state index contributed by atoms with van der Waals surface area (Å²) >= 11 is 0. The first kappa shape index (κ1) is 19.8. The van der Waals surface area contributed by atoms with Crippen LogP contribution < -0.4 is 5.32 Å². The van der Waals surface area contributed by atoms with E-state index in [-0.39, 0.29) is 18.2 Å². The van der Waals surface area contributed by atoms with Crippen molar-refractivity contribution in [2.24, 2.45) is 0 Å². The molecule has 1 heterocycles. The number of sulfonamides is 1. The van der Waals surface area contributed by atoms with Crippen LogP contribution in [-0.4, -0.2) is 32.4 Å². The van der Waals surface area contributed by atoms with Crippen molar-refractivity contribution in [2.75, 3.05) is 19.6 Å². The van der Waals surface area contributed by atoms with Gasteiger partial charge in [0.1, 0.15) is 11.6 Å². The van der Waals surface area contributed by atoms with Crippen molar-refractivity contribution in [3.05, 3.63) is 71.3 Å². The number of hydrogen-bond acceptors (Lipinski definition) is 3. The zero-order chi connectivity index (χ0) is 17.2. The van der Waals surface area contributed by atoms with E-state index in [2.05, 4.69) is 5.32 Å². The molecule has 0 saturated carbocycles. The van der Waals surface area contributed by atoms with Crippen molar-refractivity contribution in [2.45, 2.75) is 11.8 Å². The Morgan fingerprint density at radius 1 is 1.08 bits per heavy atom. The van der Waals surface area contributed by atoms with Crippen LogP contribution in [0.4, 0.5) is 8.78 Å². The molecular formula is C17H19ClF2N2O2S. The molecule has 1 fully saturated rings. The van der Waals surface area contributed by atoms with Gasteiger partial charge in [-0.1, -0.05) is 24.3 Å². The zero-order valence-corrected chi connectivity index (χ0v) is 15.0. The third kappa shape index (κ3) is 4.76. The first-order valence-corrected chi connectivity index (χ1v) is 9.27. The van der Waals surface area contributed by atoms with E-state index in [9.17, 15) is 17.2 Å². The average Bonchev–Trinajstić information content (AvgIpc) is 2.54. The van der Waals surface area contributed by atoms with Gasteiger partial charge < -0.3 is 5.32 Å². The molecular weight excluding hydrogens is 370 g/mol. The molecule has 2 aromatic rings. The first-order chi connectivity index (χ1) is 11.5. The summed E-state index contributed by atoms with van der Waals surface area (Å²) in [7, 11) is -3.66. The molecule has 25 heavy (non-hydrogen) atoms. The summed E-state index contributed by atoms with van der Waals surface area (Å²) < 4.78 is 53.8. The second-order valence-electron chi connectivity index (χ2n) is 5.77. The molecule has 1 atom stereocenters. The lowest BCUT2D eigenvalue weighted by Gasteiger charge is -2.35. The van der Waals surface area contributed by atoms with Gasteiger partial charge in [0.2, 0.25) is 10.0 Å². The maximum atomic E-state index is 13.5. The van der Waals surface area contributed by atoms with Crippen molar-refractivity contribution in [3.63, 3.8) is 0 Å². The summed E-state index contributed by atoms with van der Waals surface area (Å²) in [5.74, 6) is -1.15. The van der Waals surface area contributed by atoms with Crippen molar-refractivity contribution in [1.82, 2.24) is 9.62 Å². The highest BCUT2D eigenvalue weighted by Gasteiger charge is 2.33. The van der Waals surface area contributed by atoms with Gasteiger partial charge in [-0.05, 0) is 35.4 Å². The highest BCUT2D eigenvalue weighted by atomic mass is 35.5. The van der Waals surface area contributed by atoms with Gasteiger partial charge in [-0.2, -0.15) is 4.31 Å². The van der Waals surface area contributed by atoms with Gasteiger partial charge in [-0.15, -0.1) is 12.4 Å². The third-order valence-corrected chi connectivity index (χ3v) is 5.87. The summed E-state index contributed by atoms with van der Waals surface area (Å²) in [6.45, 7) is 1.22. The number of hydrogen-bond donors (Lipinski definition) is 1. The molecule has 0 aliphatic carbocycles. The van der Waals surface area contributed by atoms with Crippen LogP contribution in [0.3, 0.4) is 0 Å². The molecule has 0 bridgehead atoms. The predicted octanol–water partition coefficient (Wildman–Crippen LogP) is 2.86. The van der Waals surface area contributed by atoms with E-state index in [1.807, 2.05) is 0 Å². The molecule has 0 radical (unpaired) electrons. The minimum Gasteiger partial charge on any atom is -0.313 e. The molecule has 4 nitrogen and oxygen atoms in total. The van der Waals surface area contributed by atoms with Gasteiger partial charge in [0.05, 0.1) is 11.8 Å². The lowest BCUT2D eigenvalue weighted by molar-refractivity contribution is 0.270. The van der Waals surface area contributed by atoms with Crippen LogP contribution in [-0.2, 0) is 15.8 Å². The number of piperazine rings is 1. The van der Waals surface area contributed by atoms with E-state index in [4.69, 9.17) is 0 Å². The summed E-state index contributed by atoms with van der Waals surface area (Å²) in [6, 6.07) is 11.0. The fourth-order valence-electron chi connectivity index (χ4n) is 2.94. The molecule has 3 rings (SSSR count). The average molecular weight is 389 g/mol. The SMILES string of the molecule is Cl.O=S(=O)(Cc1cccc(F)c1)N1CCNCC1c1cccc(F)c1. The Labute approximate surface area is 152 Å². The number of benzene rings is 2. The smallest absolute Gasteiger partial charge is 0.218 e. The topological polar surface area (TPSA) is 49.4 Å². The third-order valence-electron chi connectivity index (χ3n) is 4.02. The maximum Gasteiger partial charge on any atom is 0.218 e. The Morgan fingerprint density at radius 2 is 1.76 bits per heavy atom. The first-order valence-electron chi connectivity index (χ1n) is 7.66. The van der Waals surface area contributed by atoms with Gasteiger partial charge in [0.15, 0.2) is 0 Å². The van der Waals surface area contributed by atoms with Crippen molar-refractivity contribution >= 4 is 22.4 Å². The molecule has 0 aromatic heterocycles. The molecule has 1 aliphatic rings. The Kier molecular flexibility index (Phi) is 6.51. The van der Waals surface area contributed by atoms with Crippen LogP contribution in [0, 0.1) is 11.6 Å². The van der Waals surface area contributed by atoms with Crippen LogP contribution in [0.25, 0.3) is 0 Å². The largest absolute Gasteiger partial charge is 0.313 e. The lowest BCUT2D eigenvalue weighted by Crippen LogP contribution is -2.48. The number of nitrogens with zero attached hydrogens (tertiary/aromatic N) is 1. The van der Waals surface area contributed by atoms with Gasteiger partial charge in [-0.3, -0.25) is 0 Å². The van der Waals surface area contributed by atoms with Gasteiger partial charge >= 0.3 is 0 Å². The zero-order valence-electron chi connectivity index (χ0n) is 13.4. The Balaban J connectivity index is 0.00000225. The maximum absolute atomic E-state index is 13.5. The van der Waals surface area contributed by atoms with E-state index in [0.29, 0.717) is 30.8 Å². The molecule has 1 unspecified atom stereocenters. The fraction of sp³-hybridized carbons (Fsp3) is 0.294. The predicted molar refractivity (Wildman–Crippen MR) is 95.0 cm³/mol. The summed E-state index contributed by atoms with van der Waals surface area (Å²) in [6.07, 6.45) is 0. The van der Waals surface area contributed by atoms with Crippen molar-refractivity contribution < 1.29 is 17.2 Å². The summed E-state index contributed by atoms with van der Waals surface area (Å²) in [5.41, 5.74) is 0.997. The van der Waals surface area contributed by atoms with E-state index in [0.717, 1.165) is 0 Å². The number of halogens is 3. The van der Waals surface area contributed by atoms with Crippen LogP contribution in [0.15, 0.2) is 48.5 Å². The second-order valence-corrected chi connectivity index (χ2v) is 7.69. The van der Waals surface area contributed by atoms with Crippen LogP contribution in [0.5, 0.6) is 0 Å². The van der Waals surface area contributed by atoms with Gasteiger partial charge in [0, 0.05) is 19.6 Å². The molecule has 8 heteroatoms. The molecule has 1 aliphatic heterocycles.